The summed E-state index contributed by atoms with van der Waals surface area (Å²) >= 11 is 0. The summed E-state index contributed by atoms with van der Waals surface area (Å²) in [6, 6.07) is 5.77. The molecule has 2 heterocycles. The highest BCUT2D eigenvalue weighted by atomic mass is 19.3. The number of ether oxygens (including phenoxy) is 1. The molecule has 9 heteroatoms. The lowest BCUT2D eigenvalue weighted by Gasteiger charge is -2.19. The van der Waals surface area contributed by atoms with Gasteiger partial charge in [0.05, 0.1) is 10.9 Å². The number of nitrogens with zero attached hydrogens (tertiary/aromatic N) is 1. The summed E-state index contributed by atoms with van der Waals surface area (Å²) < 4.78 is 48.4. The van der Waals surface area contributed by atoms with Gasteiger partial charge in [-0.2, -0.15) is 8.78 Å². The van der Waals surface area contributed by atoms with Crippen molar-refractivity contribution in [1.82, 2.24) is 9.88 Å². The fourth-order valence-electron chi connectivity index (χ4n) is 4.18. The molecule has 2 N–H and O–H groups in total. The Morgan fingerprint density at radius 3 is 2.58 bits per heavy atom. The topological polar surface area (TPSA) is 80.6 Å². The number of aromatic nitrogens is 1. The monoisotopic (exact) mass is 430 g/mol. The summed E-state index contributed by atoms with van der Waals surface area (Å²) in [5.74, 6) is -2.28. The summed E-state index contributed by atoms with van der Waals surface area (Å²) in [5, 5.41) is 12.4. The summed E-state index contributed by atoms with van der Waals surface area (Å²) in [7, 11) is 0. The van der Waals surface area contributed by atoms with Crippen LogP contribution in [0.1, 0.15) is 40.4 Å². The first kappa shape index (κ1) is 19.6. The van der Waals surface area contributed by atoms with Gasteiger partial charge < -0.3 is 19.7 Å². The molecule has 2 aliphatic rings. The Balaban J connectivity index is 1.85. The van der Waals surface area contributed by atoms with Crippen molar-refractivity contribution in [1.29, 1.82) is 0 Å². The van der Waals surface area contributed by atoms with Gasteiger partial charge in [-0.1, -0.05) is 12.1 Å². The third-order valence-corrected chi connectivity index (χ3v) is 5.77. The predicted octanol–water partition coefficient (Wildman–Crippen LogP) is 4.05. The molecule has 0 atom stereocenters. The van der Waals surface area contributed by atoms with E-state index < -0.39 is 29.4 Å². The van der Waals surface area contributed by atoms with Crippen LogP contribution < -0.4 is 15.5 Å². The van der Waals surface area contributed by atoms with Crippen molar-refractivity contribution in [2.24, 2.45) is 0 Å². The van der Waals surface area contributed by atoms with E-state index >= 15 is 4.39 Å². The number of halogens is 3. The van der Waals surface area contributed by atoms with Gasteiger partial charge in [-0.3, -0.25) is 4.79 Å². The zero-order valence-corrected chi connectivity index (χ0v) is 16.1. The molecular formula is C22H17F3N2O4. The Bertz CT molecular complexity index is 1300. The van der Waals surface area contributed by atoms with Crippen LogP contribution >= 0.6 is 0 Å². The van der Waals surface area contributed by atoms with Crippen LogP contribution in [0.15, 0.2) is 35.3 Å². The minimum absolute atomic E-state index is 0.0494. The van der Waals surface area contributed by atoms with Crippen LogP contribution in [0, 0.1) is 5.82 Å². The molecule has 0 saturated heterocycles. The molecule has 6 nitrogen and oxygen atoms in total. The third-order valence-electron chi connectivity index (χ3n) is 5.77. The average Bonchev–Trinajstić information content (AvgIpc) is 3.45. The summed E-state index contributed by atoms with van der Waals surface area (Å²) in [5.41, 5.74) is 0.205. The number of nitrogens with one attached hydrogen (secondary N) is 1. The van der Waals surface area contributed by atoms with E-state index in [1.165, 1.54) is 22.8 Å². The molecule has 0 unspecified atom stereocenters. The van der Waals surface area contributed by atoms with Crippen molar-refractivity contribution in [2.75, 3.05) is 0 Å². The minimum Gasteiger partial charge on any atom is -0.477 e. The SMILES string of the molecule is O=C(O)c1cn(C2CC2)c2c(OC(F)F)c(-c3ccc4c(c3F)CNC4)ccc2c1=O. The van der Waals surface area contributed by atoms with Gasteiger partial charge in [0, 0.05) is 42.0 Å². The van der Waals surface area contributed by atoms with Crippen molar-refractivity contribution >= 4 is 16.9 Å². The average molecular weight is 430 g/mol. The molecule has 0 amide bonds. The van der Waals surface area contributed by atoms with Crippen LogP contribution in [0.25, 0.3) is 22.0 Å². The van der Waals surface area contributed by atoms with Crippen LogP contribution in [0.5, 0.6) is 5.75 Å². The number of fused-ring (bicyclic) bond motifs is 2. The second kappa shape index (κ2) is 7.12. The van der Waals surface area contributed by atoms with Crippen LogP contribution in [0.3, 0.4) is 0 Å². The second-order valence-corrected chi connectivity index (χ2v) is 7.70. The molecule has 1 aliphatic heterocycles. The van der Waals surface area contributed by atoms with Crippen molar-refractivity contribution in [3.8, 4) is 16.9 Å². The van der Waals surface area contributed by atoms with Gasteiger partial charge in [0.15, 0.2) is 5.75 Å². The number of pyridine rings is 1. The highest BCUT2D eigenvalue weighted by molar-refractivity contribution is 5.97. The number of benzene rings is 2. The lowest BCUT2D eigenvalue weighted by Crippen LogP contribution is -2.19. The van der Waals surface area contributed by atoms with E-state index in [4.69, 9.17) is 4.74 Å². The van der Waals surface area contributed by atoms with Gasteiger partial charge in [0.25, 0.3) is 0 Å². The van der Waals surface area contributed by atoms with E-state index in [0.29, 0.717) is 31.5 Å². The smallest absolute Gasteiger partial charge is 0.387 e. The molecular weight excluding hydrogens is 413 g/mol. The predicted molar refractivity (Wildman–Crippen MR) is 106 cm³/mol. The standard InChI is InChI=1S/C22H17F3N2O4/c23-17-12(4-1-10-7-26-8-15(10)17)13-5-6-14-18(20(13)31-22(24)25)27(11-2-3-11)9-16(19(14)28)21(29)30/h1,4-6,9,11,22,26H,2-3,7-8H2,(H,29,30). The molecule has 31 heavy (non-hydrogen) atoms. The third kappa shape index (κ3) is 3.16. The first-order valence-electron chi connectivity index (χ1n) is 9.78. The maximum Gasteiger partial charge on any atom is 0.387 e. The Morgan fingerprint density at radius 1 is 1.16 bits per heavy atom. The number of rotatable bonds is 5. The van der Waals surface area contributed by atoms with Crippen molar-refractivity contribution in [3.05, 3.63) is 63.2 Å². The molecule has 3 aromatic rings. The molecule has 160 valence electrons. The normalized spacial score (nSPS) is 15.5. The maximum absolute atomic E-state index is 15.3. The van der Waals surface area contributed by atoms with Crippen molar-refractivity contribution in [2.45, 2.75) is 38.6 Å². The number of hydrogen-bond acceptors (Lipinski definition) is 4. The van der Waals surface area contributed by atoms with Crippen LogP contribution in [0.2, 0.25) is 0 Å². The molecule has 5 rings (SSSR count). The van der Waals surface area contributed by atoms with Gasteiger partial charge in [-0.25, -0.2) is 9.18 Å². The van der Waals surface area contributed by atoms with Crippen LogP contribution in [0.4, 0.5) is 13.2 Å². The minimum atomic E-state index is -3.22. The fraction of sp³-hybridized carbons (Fsp3) is 0.273. The Morgan fingerprint density at radius 2 is 1.90 bits per heavy atom. The number of carboxylic acids is 1. The zero-order valence-electron chi connectivity index (χ0n) is 16.1. The lowest BCUT2D eigenvalue weighted by molar-refractivity contribution is -0.0486. The van der Waals surface area contributed by atoms with Crippen molar-refractivity contribution < 1.29 is 27.8 Å². The first-order valence-corrected chi connectivity index (χ1v) is 9.78. The van der Waals surface area contributed by atoms with Crippen LogP contribution in [-0.2, 0) is 13.1 Å². The number of aromatic carboxylic acids is 1. The molecule has 0 radical (unpaired) electrons. The van der Waals surface area contributed by atoms with Gasteiger partial charge in [-0.05, 0) is 30.5 Å². The molecule has 2 aromatic carbocycles. The van der Waals surface area contributed by atoms with Crippen molar-refractivity contribution in [3.63, 3.8) is 0 Å². The molecule has 1 aromatic heterocycles. The van der Waals surface area contributed by atoms with Gasteiger partial charge in [0.1, 0.15) is 11.4 Å². The van der Waals surface area contributed by atoms with E-state index in [-0.39, 0.29) is 33.8 Å². The van der Waals surface area contributed by atoms with Gasteiger partial charge in [-0.15, -0.1) is 0 Å². The van der Waals surface area contributed by atoms with E-state index in [2.05, 4.69) is 5.32 Å². The van der Waals surface area contributed by atoms with E-state index in [1.54, 1.807) is 6.07 Å². The highest BCUT2D eigenvalue weighted by Gasteiger charge is 2.31. The Labute approximate surface area is 173 Å². The van der Waals surface area contributed by atoms with Gasteiger partial charge >= 0.3 is 12.6 Å². The summed E-state index contributed by atoms with van der Waals surface area (Å²) in [6.45, 7) is -2.38. The number of carbonyl (C=O) groups is 1. The quantitative estimate of drug-likeness (QED) is 0.639. The molecule has 0 bridgehead atoms. The number of hydrogen-bond donors (Lipinski definition) is 2. The molecule has 1 fully saturated rings. The number of alkyl halides is 2. The Hall–Kier alpha value is -3.33. The van der Waals surface area contributed by atoms with E-state index in [9.17, 15) is 23.5 Å². The largest absolute Gasteiger partial charge is 0.477 e. The number of carboxylic acid groups (broad SMARTS) is 1. The van der Waals surface area contributed by atoms with Gasteiger partial charge in [0.2, 0.25) is 5.43 Å². The molecule has 1 saturated carbocycles. The maximum atomic E-state index is 15.3. The second-order valence-electron chi connectivity index (χ2n) is 7.70. The zero-order chi connectivity index (χ0) is 21.9. The van der Waals surface area contributed by atoms with E-state index in [0.717, 1.165) is 11.8 Å². The Kier molecular flexibility index (Phi) is 4.51. The lowest BCUT2D eigenvalue weighted by atomic mass is 9.96. The highest BCUT2D eigenvalue weighted by Crippen LogP contribution is 2.44. The summed E-state index contributed by atoms with van der Waals surface area (Å²) in [6.07, 6.45) is 2.57. The van der Waals surface area contributed by atoms with Crippen LogP contribution in [-0.4, -0.2) is 22.3 Å². The fourth-order valence-corrected chi connectivity index (χ4v) is 4.18. The first-order chi connectivity index (χ1) is 14.9. The molecule has 0 spiro atoms. The summed E-state index contributed by atoms with van der Waals surface area (Å²) in [4.78, 5) is 24.3. The molecule has 1 aliphatic carbocycles. The van der Waals surface area contributed by atoms with E-state index in [1.807, 2.05) is 0 Å².